The summed E-state index contributed by atoms with van der Waals surface area (Å²) in [7, 11) is 3.56. The van der Waals surface area contributed by atoms with Gasteiger partial charge < -0.3 is 16.0 Å². The zero-order chi connectivity index (χ0) is 13.8. The number of nitrogens with two attached hydrogens (primary N) is 1. The number of hydrogen-bond acceptors (Lipinski definition) is 4. The number of nitrogens with zero attached hydrogens (tertiary/aromatic N) is 2. The minimum atomic E-state index is 0.0212. The highest BCUT2D eigenvalue weighted by Crippen LogP contribution is 2.29. The second kappa shape index (κ2) is 5.56. The largest absolute Gasteiger partial charge is 0.396 e. The van der Waals surface area contributed by atoms with Gasteiger partial charge in [-0.05, 0) is 24.3 Å². The third kappa shape index (κ3) is 2.76. The van der Waals surface area contributed by atoms with E-state index in [0.717, 1.165) is 16.6 Å². The molecule has 0 aliphatic heterocycles. The zero-order valence-corrected chi connectivity index (χ0v) is 11.2. The fourth-order valence-electron chi connectivity index (χ4n) is 2.01. The monoisotopic (exact) mass is 258 g/mol. The summed E-state index contributed by atoms with van der Waals surface area (Å²) >= 11 is 0. The topological polar surface area (TPSA) is 71.2 Å². The number of aromatic nitrogens is 1. The smallest absolute Gasteiger partial charge is 0.221 e. The van der Waals surface area contributed by atoms with Crippen molar-refractivity contribution in [2.45, 2.75) is 6.42 Å². The van der Waals surface area contributed by atoms with Crippen LogP contribution in [0.15, 0.2) is 30.5 Å². The maximum Gasteiger partial charge on any atom is 0.221 e. The van der Waals surface area contributed by atoms with Crippen LogP contribution in [0.1, 0.15) is 6.42 Å². The fourth-order valence-corrected chi connectivity index (χ4v) is 2.01. The molecule has 0 fully saturated rings. The lowest BCUT2D eigenvalue weighted by Gasteiger charge is -2.21. The lowest BCUT2D eigenvalue weighted by molar-refractivity contribution is -0.120. The molecule has 2 aromatic rings. The molecule has 1 aromatic carbocycles. The Hall–Kier alpha value is -2.30. The van der Waals surface area contributed by atoms with Gasteiger partial charge in [-0.15, -0.1) is 0 Å². The number of carbonyl (C=O) groups excluding carboxylic acids is 1. The van der Waals surface area contributed by atoms with Crippen LogP contribution in [-0.2, 0) is 4.79 Å². The van der Waals surface area contributed by atoms with Gasteiger partial charge in [0.05, 0.1) is 16.9 Å². The molecule has 0 unspecified atom stereocenters. The van der Waals surface area contributed by atoms with Gasteiger partial charge in [0.15, 0.2) is 0 Å². The van der Waals surface area contributed by atoms with Crippen molar-refractivity contribution in [1.82, 2.24) is 10.3 Å². The molecule has 1 aromatic heterocycles. The molecule has 3 N–H and O–H groups in total. The highest BCUT2D eigenvalue weighted by atomic mass is 16.1. The Bertz CT molecular complexity index is 597. The average molecular weight is 258 g/mol. The summed E-state index contributed by atoms with van der Waals surface area (Å²) in [6.45, 7) is 0.621. The van der Waals surface area contributed by atoms with Crippen molar-refractivity contribution in [3.05, 3.63) is 30.5 Å². The number of amides is 1. The van der Waals surface area contributed by atoms with Crippen LogP contribution >= 0.6 is 0 Å². The number of rotatable bonds is 4. The lowest BCUT2D eigenvalue weighted by atomic mass is 10.1. The Labute approximate surface area is 112 Å². The van der Waals surface area contributed by atoms with Gasteiger partial charge in [0, 0.05) is 38.6 Å². The van der Waals surface area contributed by atoms with Gasteiger partial charge in [0.25, 0.3) is 0 Å². The van der Waals surface area contributed by atoms with E-state index in [9.17, 15) is 4.79 Å². The molecule has 100 valence electrons. The van der Waals surface area contributed by atoms with Crippen molar-refractivity contribution in [3.8, 4) is 0 Å². The zero-order valence-electron chi connectivity index (χ0n) is 11.2. The third-order valence-corrected chi connectivity index (χ3v) is 3.17. The molecule has 19 heavy (non-hydrogen) atoms. The summed E-state index contributed by atoms with van der Waals surface area (Å²) in [6, 6.07) is 7.70. The van der Waals surface area contributed by atoms with E-state index >= 15 is 0 Å². The van der Waals surface area contributed by atoms with Gasteiger partial charge in [0.2, 0.25) is 5.91 Å². The standard InChI is InChI=1S/C14H18N4O/c1-16-13(19)7-9-18(2)12-6-5-11-10(14(12)15)4-3-8-17-11/h3-6,8H,7,9,15H2,1-2H3,(H,16,19). The Balaban J connectivity index is 2.25. The quantitative estimate of drug-likeness (QED) is 0.813. The first-order chi connectivity index (χ1) is 9.13. The number of benzene rings is 1. The van der Waals surface area contributed by atoms with Crippen molar-refractivity contribution < 1.29 is 4.79 Å². The van der Waals surface area contributed by atoms with Crippen LogP contribution in [0, 0.1) is 0 Å². The van der Waals surface area contributed by atoms with Crippen molar-refractivity contribution in [2.75, 3.05) is 31.3 Å². The molecule has 0 saturated carbocycles. The second-order valence-electron chi connectivity index (χ2n) is 4.41. The summed E-state index contributed by atoms with van der Waals surface area (Å²) in [5, 5.41) is 3.55. The Morgan fingerprint density at radius 2 is 2.21 bits per heavy atom. The molecule has 0 aliphatic carbocycles. The van der Waals surface area contributed by atoms with Crippen molar-refractivity contribution in [3.63, 3.8) is 0 Å². The molecular weight excluding hydrogens is 240 g/mol. The van der Waals surface area contributed by atoms with E-state index in [1.807, 2.05) is 36.2 Å². The first-order valence-electron chi connectivity index (χ1n) is 6.18. The fraction of sp³-hybridized carbons (Fsp3) is 0.286. The van der Waals surface area contributed by atoms with Crippen LogP contribution in [0.2, 0.25) is 0 Å². The van der Waals surface area contributed by atoms with Gasteiger partial charge in [0.1, 0.15) is 0 Å². The maximum atomic E-state index is 11.3. The number of carbonyl (C=O) groups is 1. The molecule has 0 bridgehead atoms. The minimum absolute atomic E-state index is 0.0212. The molecule has 0 radical (unpaired) electrons. The van der Waals surface area contributed by atoms with Crippen LogP contribution in [-0.4, -0.2) is 31.5 Å². The predicted molar refractivity (Wildman–Crippen MR) is 78.1 cm³/mol. The molecule has 2 rings (SSSR count). The maximum absolute atomic E-state index is 11.3. The van der Waals surface area contributed by atoms with Gasteiger partial charge in [-0.1, -0.05) is 0 Å². The molecule has 0 atom stereocenters. The van der Waals surface area contributed by atoms with E-state index in [1.54, 1.807) is 13.2 Å². The van der Waals surface area contributed by atoms with Crippen molar-refractivity contribution >= 4 is 28.2 Å². The molecular formula is C14H18N4O. The number of hydrogen-bond donors (Lipinski definition) is 2. The summed E-state index contributed by atoms with van der Waals surface area (Å²) in [5.41, 5.74) is 8.67. The third-order valence-electron chi connectivity index (χ3n) is 3.17. The van der Waals surface area contributed by atoms with Crippen LogP contribution in [0.3, 0.4) is 0 Å². The summed E-state index contributed by atoms with van der Waals surface area (Å²) in [6.07, 6.45) is 2.19. The molecule has 1 amide bonds. The summed E-state index contributed by atoms with van der Waals surface area (Å²) in [5.74, 6) is 0.0212. The molecule has 1 heterocycles. The van der Waals surface area contributed by atoms with Gasteiger partial charge >= 0.3 is 0 Å². The van der Waals surface area contributed by atoms with Gasteiger partial charge in [-0.25, -0.2) is 0 Å². The Morgan fingerprint density at radius 3 is 2.95 bits per heavy atom. The number of anilines is 2. The number of nitrogen functional groups attached to an aromatic ring is 1. The number of fused-ring (bicyclic) bond motifs is 1. The molecule has 0 saturated heterocycles. The van der Waals surface area contributed by atoms with Crippen molar-refractivity contribution in [1.29, 1.82) is 0 Å². The van der Waals surface area contributed by atoms with Crippen LogP contribution in [0.5, 0.6) is 0 Å². The van der Waals surface area contributed by atoms with Crippen molar-refractivity contribution in [2.24, 2.45) is 0 Å². The van der Waals surface area contributed by atoms with E-state index < -0.39 is 0 Å². The Morgan fingerprint density at radius 1 is 1.42 bits per heavy atom. The number of pyridine rings is 1. The molecule has 0 spiro atoms. The number of nitrogens with one attached hydrogen (secondary N) is 1. The second-order valence-corrected chi connectivity index (χ2v) is 4.41. The molecule has 5 nitrogen and oxygen atoms in total. The van der Waals surface area contributed by atoms with E-state index in [2.05, 4.69) is 10.3 Å². The minimum Gasteiger partial charge on any atom is -0.396 e. The van der Waals surface area contributed by atoms with E-state index in [-0.39, 0.29) is 5.91 Å². The van der Waals surface area contributed by atoms with E-state index in [0.29, 0.717) is 18.7 Å². The van der Waals surface area contributed by atoms with Crippen LogP contribution < -0.4 is 16.0 Å². The van der Waals surface area contributed by atoms with Gasteiger partial charge in [-0.3, -0.25) is 9.78 Å². The first kappa shape index (κ1) is 13.1. The highest BCUT2D eigenvalue weighted by molar-refractivity contribution is 5.97. The van der Waals surface area contributed by atoms with Gasteiger partial charge in [-0.2, -0.15) is 0 Å². The Kier molecular flexibility index (Phi) is 3.85. The van der Waals surface area contributed by atoms with Crippen LogP contribution in [0.25, 0.3) is 10.9 Å². The predicted octanol–water partition coefficient (Wildman–Crippen LogP) is 1.39. The normalized spacial score (nSPS) is 10.4. The average Bonchev–Trinajstić information content (AvgIpc) is 2.45. The van der Waals surface area contributed by atoms with Crippen LogP contribution in [0.4, 0.5) is 11.4 Å². The first-order valence-corrected chi connectivity index (χ1v) is 6.18. The molecule has 5 heteroatoms. The summed E-state index contributed by atoms with van der Waals surface area (Å²) in [4.78, 5) is 17.5. The lowest BCUT2D eigenvalue weighted by Crippen LogP contribution is -2.26. The molecule has 0 aliphatic rings. The van der Waals surface area contributed by atoms with E-state index in [4.69, 9.17) is 5.73 Å². The van der Waals surface area contributed by atoms with E-state index in [1.165, 1.54) is 0 Å². The SMILES string of the molecule is CNC(=O)CCN(C)c1ccc2ncccc2c1N. The summed E-state index contributed by atoms with van der Waals surface area (Å²) < 4.78 is 0. The highest BCUT2D eigenvalue weighted by Gasteiger charge is 2.10.